The van der Waals surface area contributed by atoms with E-state index < -0.39 is 18.1 Å². The van der Waals surface area contributed by atoms with Crippen LogP contribution < -0.4 is 15.4 Å². The minimum atomic E-state index is -2.85. The zero-order chi connectivity index (χ0) is 24.9. The minimum Gasteiger partial charge on any atom is -0.492 e. The Bertz CT molecular complexity index is 1440. The van der Waals surface area contributed by atoms with E-state index in [9.17, 15) is 13.6 Å². The molecule has 3 aromatic heterocycles. The van der Waals surface area contributed by atoms with Crippen molar-refractivity contribution in [3.8, 4) is 17.0 Å². The van der Waals surface area contributed by atoms with E-state index in [-0.39, 0.29) is 51.5 Å². The fourth-order valence-electron chi connectivity index (χ4n) is 3.90. The van der Waals surface area contributed by atoms with Crippen LogP contribution in [0.25, 0.3) is 22.4 Å². The Balaban J connectivity index is 1.57. The first-order valence-corrected chi connectivity index (χ1v) is 10.9. The molecule has 182 valence electrons. The van der Waals surface area contributed by atoms with E-state index in [1.54, 1.807) is 30.1 Å². The van der Waals surface area contributed by atoms with Gasteiger partial charge < -0.3 is 20.4 Å². The highest BCUT2D eigenvalue weighted by atomic mass is 19.3. The first-order valence-electron chi connectivity index (χ1n) is 10.9. The fraction of sp³-hybridized carbons (Fsp3) is 0.304. The highest BCUT2D eigenvalue weighted by Gasteiger charge is 2.30. The standard InChI is InChI=1S/C23H22F3N7O2/c1-10-9-33(2)32-17(10)12-6-7-13(19(35-3)16(12)24)27-14-8-15(29-23(34)11-4-5-11)28-21-18(14)30-22(31-21)20(25)26/h6-9,11,20H,4-5H2,1-3H3,(H3,27,28,29,30,31,34). The number of anilines is 3. The van der Waals surface area contributed by atoms with Gasteiger partial charge in [-0.25, -0.2) is 23.1 Å². The number of methoxy groups -OCH3 is 1. The number of halogens is 3. The molecule has 1 aromatic carbocycles. The number of nitrogens with one attached hydrogen (secondary N) is 3. The van der Waals surface area contributed by atoms with Crippen molar-refractivity contribution in [1.82, 2.24) is 24.7 Å². The van der Waals surface area contributed by atoms with Crippen LogP contribution in [0.4, 0.5) is 30.4 Å². The van der Waals surface area contributed by atoms with E-state index in [1.807, 2.05) is 6.92 Å². The Morgan fingerprint density at radius 3 is 2.66 bits per heavy atom. The highest BCUT2D eigenvalue weighted by molar-refractivity contribution is 5.97. The van der Waals surface area contributed by atoms with Gasteiger partial charge in [0.15, 0.2) is 23.0 Å². The second-order valence-electron chi connectivity index (χ2n) is 8.41. The maximum atomic E-state index is 15.5. The summed E-state index contributed by atoms with van der Waals surface area (Å²) in [6.07, 6.45) is 0.500. The molecule has 9 nitrogen and oxygen atoms in total. The number of alkyl halides is 2. The third-order valence-corrected chi connectivity index (χ3v) is 5.72. The van der Waals surface area contributed by atoms with Crippen molar-refractivity contribution in [3.63, 3.8) is 0 Å². The van der Waals surface area contributed by atoms with E-state index in [0.29, 0.717) is 5.69 Å². The van der Waals surface area contributed by atoms with Crippen LogP contribution >= 0.6 is 0 Å². The molecular weight excluding hydrogens is 463 g/mol. The molecule has 0 saturated heterocycles. The molecule has 5 rings (SSSR count). The number of imidazole rings is 1. The molecule has 12 heteroatoms. The van der Waals surface area contributed by atoms with Crippen LogP contribution in [0.2, 0.25) is 0 Å². The van der Waals surface area contributed by atoms with Crippen LogP contribution in [0.3, 0.4) is 0 Å². The second-order valence-corrected chi connectivity index (χ2v) is 8.41. The van der Waals surface area contributed by atoms with Gasteiger partial charge >= 0.3 is 0 Å². The number of fused-ring (bicyclic) bond motifs is 1. The summed E-state index contributed by atoms with van der Waals surface area (Å²) in [5.74, 6) is -1.43. The maximum absolute atomic E-state index is 15.5. The van der Waals surface area contributed by atoms with Crippen LogP contribution in [0.5, 0.6) is 5.75 Å². The number of aromatic nitrogens is 5. The largest absolute Gasteiger partial charge is 0.492 e. The fourth-order valence-corrected chi connectivity index (χ4v) is 3.90. The number of ether oxygens (including phenoxy) is 1. The van der Waals surface area contributed by atoms with Gasteiger partial charge in [0.2, 0.25) is 5.91 Å². The molecule has 0 aliphatic heterocycles. The van der Waals surface area contributed by atoms with Gasteiger partial charge in [-0.3, -0.25) is 9.48 Å². The molecule has 35 heavy (non-hydrogen) atoms. The zero-order valence-corrected chi connectivity index (χ0v) is 19.1. The second kappa shape index (κ2) is 8.60. The number of carbonyl (C=O) groups excluding carboxylic acids is 1. The predicted octanol–water partition coefficient (Wildman–Crippen LogP) is 4.84. The average molecular weight is 485 g/mol. The SMILES string of the molecule is COc1c(Nc2cc(NC(=O)C3CC3)nc3[nH]c(C(F)F)nc23)ccc(-c2nn(C)cc2C)c1F. The Morgan fingerprint density at radius 2 is 2.03 bits per heavy atom. The number of aryl methyl sites for hydroxylation is 2. The molecule has 1 aliphatic carbocycles. The Kier molecular flexibility index (Phi) is 5.58. The van der Waals surface area contributed by atoms with Gasteiger partial charge in [-0.15, -0.1) is 0 Å². The molecule has 1 fully saturated rings. The molecule has 0 radical (unpaired) electrons. The first kappa shape index (κ1) is 22.7. The minimum absolute atomic E-state index is 0.0524. The number of rotatable bonds is 7. The van der Waals surface area contributed by atoms with Crippen LogP contribution in [-0.4, -0.2) is 37.7 Å². The number of pyridine rings is 1. The van der Waals surface area contributed by atoms with E-state index in [2.05, 4.69) is 30.7 Å². The summed E-state index contributed by atoms with van der Waals surface area (Å²) < 4.78 is 49.0. The van der Waals surface area contributed by atoms with Crippen molar-refractivity contribution in [2.24, 2.45) is 13.0 Å². The molecular formula is C23H22F3N7O2. The van der Waals surface area contributed by atoms with Crippen LogP contribution in [0.15, 0.2) is 24.4 Å². The lowest BCUT2D eigenvalue weighted by atomic mass is 10.1. The summed E-state index contributed by atoms with van der Waals surface area (Å²) in [5.41, 5.74) is 2.15. The lowest BCUT2D eigenvalue weighted by Crippen LogP contribution is -2.14. The number of benzene rings is 1. The van der Waals surface area contributed by atoms with Gasteiger partial charge in [0.1, 0.15) is 11.3 Å². The van der Waals surface area contributed by atoms with Crippen LogP contribution in [0.1, 0.15) is 30.7 Å². The predicted molar refractivity (Wildman–Crippen MR) is 123 cm³/mol. The molecule has 0 spiro atoms. The summed E-state index contributed by atoms with van der Waals surface area (Å²) in [6.45, 7) is 1.82. The van der Waals surface area contributed by atoms with Crippen molar-refractivity contribution in [2.45, 2.75) is 26.2 Å². The number of hydrogen-bond acceptors (Lipinski definition) is 6. The number of nitrogens with zero attached hydrogens (tertiary/aromatic N) is 4. The first-order chi connectivity index (χ1) is 16.7. The van der Waals surface area contributed by atoms with Crippen molar-refractivity contribution in [1.29, 1.82) is 0 Å². The van der Waals surface area contributed by atoms with Gasteiger partial charge in [0.05, 0.1) is 24.2 Å². The number of hydrogen-bond donors (Lipinski definition) is 3. The topological polar surface area (TPSA) is 110 Å². The molecule has 0 atom stereocenters. The lowest BCUT2D eigenvalue weighted by molar-refractivity contribution is -0.117. The number of aromatic amines is 1. The highest BCUT2D eigenvalue weighted by Crippen LogP contribution is 2.39. The molecule has 1 saturated carbocycles. The van der Waals surface area contributed by atoms with Gasteiger partial charge in [0.25, 0.3) is 6.43 Å². The monoisotopic (exact) mass is 485 g/mol. The van der Waals surface area contributed by atoms with Gasteiger partial charge in [0, 0.05) is 30.8 Å². The molecule has 1 amide bonds. The number of H-pyrrole nitrogens is 1. The van der Waals surface area contributed by atoms with Crippen LogP contribution in [-0.2, 0) is 11.8 Å². The van der Waals surface area contributed by atoms with Crippen molar-refractivity contribution in [3.05, 3.63) is 41.6 Å². The summed E-state index contributed by atoms with van der Waals surface area (Å²) in [6, 6.07) is 4.62. The van der Waals surface area contributed by atoms with Crippen molar-refractivity contribution >= 4 is 34.3 Å². The van der Waals surface area contributed by atoms with Crippen molar-refractivity contribution in [2.75, 3.05) is 17.7 Å². The smallest absolute Gasteiger partial charge is 0.295 e. The van der Waals surface area contributed by atoms with Crippen molar-refractivity contribution < 1.29 is 22.7 Å². The van der Waals surface area contributed by atoms with Gasteiger partial charge in [-0.2, -0.15) is 5.10 Å². The summed E-state index contributed by atoms with van der Waals surface area (Å²) in [7, 11) is 3.07. The summed E-state index contributed by atoms with van der Waals surface area (Å²) >= 11 is 0. The lowest BCUT2D eigenvalue weighted by Gasteiger charge is -2.15. The third-order valence-electron chi connectivity index (χ3n) is 5.72. The van der Waals surface area contributed by atoms with E-state index in [4.69, 9.17) is 4.74 Å². The van der Waals surface area contributed by atoms with E-state index in [0.717, 1.165) is 18.4 Å². The normalized spacial score (nSPS) is 13.5. The molecule has 1 aliphatic rings. The Labute approximate surface area is 197 Å². The van der Waals surface area contributed by atoms with Gasteiger partial charge in [-0.1, -0.05) is 0 Å². The number of carbonyl (C=O) groups is 1. The maximum Gasteiger partial charge on any atom is 0.295 e. The molecule has 3 heterocycles. The number of amides is 1. The Hall–Kier alpha value is -4.09. The van der Waals surface area contributed by atoms with Gasteiger partial charge in [-0.05, 0) is 37.5 Å². The van der Waals surface area contributed by atoms with E-state index >= 15 is 4.39 Å². The zero-order valence-electron chi connectivity index (χ0n) is 19.1. The third kappa shape index (κ3) is 4.27. The quantitative estimate of drug-likeness (QED) is 0.345. The van der Waals surface area contributed by atoms with E-state index in [1.165, 1.54) is 13.2 Å². The molecule has 0 bridgehead atoms. The molecule has 0 unspecified atom stereocenters. The molecule has 4 aromatic rings. The summed E-state index contributed by atoms with van der Waals surface area (Å²) in [4.78, 5) is 22.9. The van der Waals surface area contributed by atoms with Crippen LogP contribution in [0, 0.1) is 18.7 Å². The Morgan fingerprint density at radius 1 is 1.26 bits per heavy atom. The summed E-state index contributed by atoms with van der Waals surface area (Å²) in [5, 5.41) is 10.0. The molecule has 3 N–H and O–H groups in total. The average Bonchev–Trinajstić information content (AvgIpc) is 3.48.